The largest absolute Gasteiger partial charge is 0.443 e. The van der Waals surface area contributed by atoms with Gasteiger partial charge in [0, 0.05) is 20.1 Å². The summed E-state index contributed by atoms with van der Waals surface area (Å²) in [6.07, 6.45) is -0.0150. The van der Waals surface area contributed by atoms with Gasteiger partial charge in [0.2, 0.25) is 0 Å². The summed E-state index contributed by atoms with van der Waals surface area (Å²) in [7, 11) is 1.86. The standard InChI is InChI=1S/C16H22FN5O3/c1-11(23)18-8-13-9-22(16(24)25-13)12-3-4-15(14(17)7-12)21-6-5-20(2)19-10-21/h3-4,7,10-11,13,18,23H,5-6,8-9H2,1-2H3. The molecule has 9 heteroatoms. The average molecular weight is 351 g/mol. The van der Waals surface area contributed by atoms with Crippen molar-refractivity contribution >= 4 is 23.8 Å². The molecule has 2 N–H and O–H groups in total. The molecule has 136 valence electrons. The van der Waals surface area contributed by atoms with Crippen molar-refractivity contribution in [2.45, 2.75) is 19.3 Å². The highest BCUT2D eigenvalue weighted by molar-refractivity contribution is 5.90. The van der Waals surface area contributed by atoms with Crippen molar-refractivity contribution in [3.05, 3.63) is 24.0 Å². The Hall–Kier alpha value is -2.39. The summed E-state index contributed by atoms with van der Waals surface area (Å²) in [6, 6.07) is 4.65. The molecule has 1 saturated heterocycles. The lowest BCUT2D eigenvalue weighted by Crippen LogP contribution is -2.36. The van der Waals surface area contributed by atoms with Crippen LogP contribution in [0, 0.1) is 5.82 Å². The topological polar surface area (TPSA) is 80.6 Å². The van der Waals surface area contributed by atoms with E-state index >= 15 is 0 Å². The van der Waals surface area contributed by atoms with Crippen LogP contribution in [0.2, 0.25) is 0 Å². The molecule has 0 spiro atoms. The number of nitrogens with zero attached hydrogens (tertiary/aromatic N) is 4. The van der Waals surface area contributed by atoms with Crippen molar-refractivity contribution in [3.63, 3.8) is 0 Å². The predicted octanol–water partition coefficient (Wildman–Crippen LogP) is 0.774. The molecule has 3 rings (SSSR count). The number of hydrazone groups is 1. The second-order valence-electron chi connectivity index (χ2n) is 6.14. The average Bonchev–Trinajstić information content (AvgIpc) is 2.95. The number of halogens is 1. The van der Waals surface area contributed by atoms with Crippen LogP contribution in [-0.4, -0.2) is 68.1 Å². The molecule has 0 radical (unpaired) electrons. The Morgan fingerprint density at radius 2 is 2.28 bits per heavy atom. The third-order valence-corrected chi connectivity index (χ3v) is 4.12. The smallest absolute Gasteiger partial charge is 0.414 e. The van der Waals surface area contributed by atoms with Gasteiger partial charge in [-0.1, -0.05) is 0 Å². The van der Waals surface area contributed by atoms with Crippen LogP contribution >= 0.6 is 0 Å². The quantitative estimate of drug-likeness (QED) is 0.763. The molecule has 2 unspecified atom stereocenters. The monoisotopic (exact) mass is 351 g/mol. The van der Waals surface area contributed by atoms with Crippen LogP contribution in [0.25, 0.3) is 0 Å². The van der Waals surface area contributed by atoms with Crippen LogP contribution in [0.4, 0.5) is 20.6 Å². The van der Waals surface area contributed by atoms with Crippen LogP contribution in [0.5, 0.6) is 0 Å². The van der Waals surface area contributed by atoms with E-state index in [4.69, 9.17) is 4.74 Å². The van der Waals surface area contributed by atoms with E-state index in [0.717, 1.165) is 0 Å². The van der Waals surface area contributed by atoms with Crippen molar-refractivity contribution < 1.29 is 19.0 Å². The van der Waals surface area contributed by atoms with Crippen molar-refractivity contribution in [2.24, 2.45) is 5.10 Å². The molecule has 1 fully saturated rings. The lowest BCUT2D eigenvalue weighted by atomic mass is 10.2. The lowest BCUT2D eigenvalue weighted by molar-refractivity contribution is 0.110. The molecule has 1 amide bonds. The maximum absolute atomic E-state index is 14.5. The van der Waals surface area contributed by atoms with Crippen molar-refractivity contribution in [2.75, 3.05) is 43.0 Å². The second-order valence-corrected chi connectivity index (χ2v) is 6.14. The Bertz CT molecular complexity index is 669. The maximum atomic E-state index is 14.5. The van der Waals surface area contributed by atoms with Gasteiger partial charge < -0.3 is 14.7 Å². The molecule has 0 bridgehead atoms. The molecular formula is C16H22FN5O3. The van der Waals surface area contributed by atoms with E-state index in [2.05, 4.69) is 10.4 Å². The van der Waals surface area contributed by atoms with Crippen LogP contribution in [0.15, 0.2) is 23.3 Å². The summed E-state index contributed by atoms with van der Waals surface area (Å²) >= 11 is 0. The van der Waals surface area contributed by atoms with E-state index in [9.17, 15) is 14.3 Å². The number of hydrogen-bond donors (Lipinski definition) is 2. The molecule has 2 aliphatic rings. The number of benzene rings is 1. The van der Waals surface area contributed by atoms with E-state index in [1.165, 1.54) is 11.0 Å². The number of aliphatic hydroxyl groups excluding tert-OH is 1. The number of aliphatic hydroxyl groups is 1. The van der Waals surface area contributed by atoms with Gasteiger partial charge in [0.25, 0.3) is 0 Å². The molecule has 0 saturated carbocycles. The first-order valence-electron chi connectivity index (χ1n) is 8.15. The molecule has 2 atom stereocenters. The highest BCUT2D eigenvalue weighted by Gasteiger charge is 2.32. The fourth-order valence-electron chi connectivity index (χ4n) is 2.74. The third-order valence-electron chi connectivity index (χ3n) is 4.12. The normalized spacial score (nSPS) is 21.7. The molecule has 0 aromatic heterocycles. The summed E-state index contributed by atoms with van der Waals surface area (Å²) in [5.74, 6) is -0.424. The van der Waals surface area contributed by atoms with Gasteiger partial charge in [-0.15, -0.1) is 0 Å². The number of ether oxygens (including phenoxy) is 1. The summed E-state index contributed by atoms with van der Waals surface area (Å²) in [6.45, 7) is 3.55. The van der Waals surface area contributed by atoms with Gasteiger partial charge in [-0.25, -0.2) is 9.18 Å². The Morgan fingerprint density at radius 1 is 1.48 bits per heavy atom. The molecule has 25 heavy (non-hydrogen) atoms. The molecule has 8 nitrogen and oxygen atoms in total. The minimum Gasteiger partial charge on any atom is -0.443 e. The first-order chi connectivity index (χ1) is 11.9. The first kappa shape index (κ1) is 17.4. The van der Waals surface area contributed by atoms with Gasteiger partial charge in [0.1, 0.15) is 24.5 Å². The van der Waals surface area contributed by atoms with E-state index < -0.39 is 24.2 Å². The highest BCUT2D eigenvalue weighted by atomic mass is 19.1. The Kier molecular flexibility index (Phi) is 5.05. The van der Waals surface area contributed by atoms with E-state index in [0.29, 0.717) is 37.6 Å². The Labute approximate surface area is 145 Å². The third kappa shape index (κ3) is 3.99. The van der Waals surface area contributed by atoms with E-state index in [1.54, 1.807) is 35.3 Å². The number of hydrogen-bond acceptors (Lipinski definition) is 7. The number of carbonyl (C=O) groups excluding carboxylic acids is 1. The summed E-state index contributed by atoms with van der Waals surface area (Å²) in [4.78, 5) is 15.1. The minimum atomic E-state index is -0.685. The Morgan fingerprint density at radius 3 is 2.92 bits per heavy atom. The number of likely N-dealkylation sites (N-methyl/N-ethyl adjacent to an activating group) is 1. The zero-order valence-electron chi connectivity index (χ0n) is 14.2. The number of nitrogens with one attached hydrogen (secondary N) is 1. The van der Waals surface area contributed by atoms with Crippen molar-refractivity contribution in [3.8, 4) is 0 Å². The summed E-state index contributed by atoms with van der Waals surface area (Å²) < 4.78 is 19.8. The van der Waals surface area contributed by atoms with E-state index in [1.807, 2.05) is 7.05 Å². The predicted molar refractivity (Wildman–Crippen MR) is 92.2 cm³/mol. The maximum Gasteiger partial charge on any atom is 0.414 e. The SMILES string of the molecule is CC(O)NCC1CN(c2ccc(N3C=NN(C)CC3)c(F)c2)C(=O)O1. The minimum absolute atomic E-state index is 0.299. The van der Waals surface area contributed by atoms with Crippen molar-refractivity contribution in [1.29, 1.82) is 0 Å². The van der Waals surface area contributed by atoms with Gasteiger partial charge in [-0.3, -0.25) is 15.2 Å². The van der Waals surface area contributed by atoms with Crippen molar-refractivity contribution in [1.82, 2.24) is 10.3 Å². The summed E-state index contributed by atoms with van der Waals surface area (Å²) in [5.41, 5.74) is 0.859. The highest BCUT2D eigenvalue weighted by Crippen LogP contribution is 2.28. The number of carbonyl (C=O) groups is 1. The first-order valence-corrected chi connectivity index (χ1v) is 8.15. The molecule has 2 aliphatic heterocycles. The van der Waals surface area contributed by atoms with Gasteiger partial charge >= 0.3 is 6.09 Å². The number of cyclic esters (lactones) is 1. The fraction of sp³-hybridized carbons (Fsp3) is 0.500. The van der Waals surface area contributed by atoms with Crippen LogP contribution < -0.4 is 15.1 Å². The van der Waals surface area contributed by atoms with Gasteiger partial charge in [-0.05, 0) is 25.1 Å². The van der Waals surface area contributed by atoms with E-state index in [-0.39, 0.29) is 0 Å². The fourth-order valence-corrected chi connectivity index (χ4v) is 2.74. The molecular weight excluding hydrogens is 329 g/mol. The molecule has 0 aliphatic carbocycles. The number of amides is 1. The summed E-state index contributed by atoms with van der Waals surface area (Å²) in [5, 5.41) is 18.0. The van der Waals surface area contributed by atoms with Crippen LogP contribution in [0.3, 0.4) is 0 Å². The zero-order valence-corrected chi connectivity index (χ0v) is 14.2. The van der Waals surface area contributed by atoms with Crippen LogP contribution in [-0.2, 0) is 4.74 Å². The van der Waals surface area contributed by atoms with Gasteiger partial charge in [0.15, 0.2) is 0 Å². The zero-order chi connectivity index (χ0) is 18.0. The lowest BCUT2D eigenvalue weighted by Gasteiger charge is -2.28. The molecule has 1 aromatic rings. The number of rotatable bonds is 5. The molecule has 2 heterocycles. The van der Waals surface area contributed by atoms with Crippen LogP contribution in [0.1, 0.15) is 6.92 Å². The number of anilines is 2. The van der Waals surface area contributed by atoms with Gasteiger partial charge in [0.05, 0.1) is 24.5 Å². The van der Waals surface area contributed by atoms with Gasteiger partial charge in [-0.2, -0.15) is 5.10 Å². The molecule has 1 aromatic carbocycles. The second kappa shape index (κ2) is 7.24. The Balaban J connectivity index is 1.70.